The number of ether oxygens (including phenoxy) is 1. The first-order valence-electron chi connectivity index (χ1n) is 7.61. The first kappa shape index (κ1) is 16.0. The van der Waals surface area contributed by atoms with E-state index >= 15 is 0 Å². The first-order valence-corrected chi connectivity index (χ1v) is 8.43. The summed E-state index contributed by atoms with van der Waals surface area (Å²) in [7, 11) is 2.69. The van der Waals surface area contributed by atoms with Crippen LogP contribution in [0.25, 0.3) is 11.1 Å². The van der Waals surface area contributed by atoms with Crippen molar-refractivity contribution in [3.63, 3.8) is 0 Å². The number of rotatable bonds is 5. The zero-order valence-corrected chi connectivity index (χ0v) is 14.6. The molecule has 0 saturated carbocycles. The summed E-state index contributed by atoms with van der Waals surface area (Å²) in [5.74, 6) is 0.973. The molecule has 0 aliphatic rings. The molecule has 0 radical (unpaired) electrons. The van der Waals surface area contributed by atoms with E-state index in [2.05, 4.69) is 67.3 Å². The van der Waals surface area contributed by atoms with Gasteiger partial charge in [0.25, 0.3) is 0 Å². The molecule has 0 saturated heterocycles. The average Bonchev–Trinajstić information content (AvgIpc) is 2.46. The fraction of sp³-hybridized carbons (Fsp3) is 0.368. The van der Waals surface area contributed by atoms with Crippen molar-refractivity contribution in [3.8, 4) is 16.9 Å². The number of hydrogen-bond donors (Lipinski definition) is 0. The van der Waals surface area contributed by atoms with Crippen LogP contribution in [0.2, 0.25) is 0 Å². The molecule has 0 bridgehead atoms. The fourth-order valence-corrected chi connectivity index (χ4v) is 3.06. The molecule has 0 amide bonds. The summed E-state index contributed by atoms with van der Waals surface area (Å²) in [5.41, 5.74) is 8.08. The molecule has 0 heterocycles. The molecule has 112 valence electrons. The van der Waals surface area contributed by atoms with Gasteiger partial charge in [-0.15, -0.1) is 9.24 Å². The zero-order chi connectivity index (χ0) is 15.4. The van der Waals surface area contributed by atoms with Crippen LogP contribution in [0, 0.1) is 20.8 Å². The first-order chi connectivity index (χ1) is 10.1. The SMILES string of the molecule is CCc1cccc(-c2c(C)cc(OCCP)cc2C)c1C. The Balaban J connectivity index is 2.50. The molecular weight excluding hydrogens is 275 g/mol. The van der Waals surface area contributed by atoms with E-state index in [0.717, 1.165) is 24.9 Å². The predicted molar refractivity (Wildman–Crippen MR) is 95.5 cm³/mol. The van der Waals surface area contributed by atoms with Crippen LogP contribution in [-0.2, 0) is 6.42 Å². The van der Waals surface area contributed by atoms with Gasteiger partial charge >= 0.3 is 0 Å². The minimum absolute atomic E-state index is 0.743. The standard InChI is InChI=1S/C19H25OP/c1-5-16-7-6-8-18(15(16)4)19-13(2)11-17(12-14(19)3)20-9-10-21/h6-8,11-12H,5,9-10,21H2,1-4H3. The average molecular weight is 300 g/mol. The lowest BCUT2D eigenvalue weighted by atomic mass is 9.90. The van der Waals surface area contributed by atoms with Crippen molar-refractivity contribution in [1.82, 2.24) is 0 Å². The lowest BCUT2D eigenvalue weighted by Crippen LogP contribution is -2.00. The van der Waals surface area contributed by atoms with Crippen molar-refractivity contribution in [2.45, 2.75) is 34.1 Å². The maximum absolute atomic E-state index is 5.76. The van der Waals surface area contributed by atoms with E-state index in [-0.39, 0.29) is 0 Å². The van der Waals surface area contributed by atoms with Gasteiger partial charge in [0.15, 0.2) is 0 Å². The van der Waals surface area contributed by atoms with Gasteiger partial charge in [-0.3, -0.25) is 0 Å². The van der Waals surface area contributed by atoms with Crippen molar-refractivity contribution in [2.24, 2.45) is 0 Å². The van der Waals surface area contributed by atoms with Gasteiger partial charge in [0.2, 0.25) is 0 Å². The number of aryl methyl sites for hydroxylation is 3. The number of benzene rings is 2. The minimum Gasteiger partial charge on any atom is -0.493 e. The van der Waals surface area contributed by atoms with Crippen molar-refractivity contribution in [3.05, 3.63) is 52.6 Å². The Morgan fingerprint density at radius 3 is 2.29 bits per heavy atom. The second kappa shape index (κ2) is 7.09. The molecule has 1 unspecified atom stereocenters. The minimum atomic E-state index is 0.743. The van der Waals surface area contributed by atoms with E-state index in [1.807, 2.05) is 0 Å². The molecule has 2 aromatic rings. The summed E-state index contributed by atoms with van der Waals surface area (Å²) in [4.78, 5) is 0. The largest absolute Gasteiger partial charge is 0.493 e. The quantitative estimate of drug-likeness (QED) is 0.698. The Morgan fingerprint density at radius 2 is 1.71 bits per heavy atom. The summed E-state index contributed by atoms with van der Waals surface area (Å²) in [6.07, 6.45) is 2.03. The van der Waals surface area contributed by atoms with E-state index in [0.29, 0.717) is 0 Å². The molecular formula is C19H25OP. The smallest absolute Gasteiger partial charge is 0.119 e. The third-order valence-corrected chi connectivity index (χ3v) is 4.22. The van der Waals surface area contributed by atoms with E-state index in [4.69, 9.17) is 4.74 Å². The van der Waals surface area contributed by atoms with Gasteiger partial charge in [0, 0.05) is 0 Å². The van der Waals surface area contributed by atoms with E-state index in [1.54, 1.807) is 0 Å². The highest BCUT2D eigenvalue weighted by atomic mass is 31.0. The maximum atomic E-state index is 5.76. The molecule has 1 nitrogen and oxygen atoms in total. The molecule has 1 atom stereocenters. The lowest BCUT2D eigenvalue weighted by molar-refractivity contribution is 0.343. The summed E-state index contributed by atoms with van der Waals surface area (Å²) >= 11 is 0. The van der Waals surface area contributed by atoms with Crippen LogP contribution in [-0.4, -0.2) is 12.8 Å². The van der Waals surface area contributed by atoms with E-state index in [1.165, 1.54) is 33.4 Å². The van der Waals surface area contributed by atoms with Gasteiger partial charge in [-0.1, -0.05) is 25.1 Å². The van der Waals surface area contributed by atoms with Crippen molar-refractivity contribution >= 4 is 9.24 Å². The molecule has 2 heteroatoms. The Labute approximate surface area is 130 Å². The van der Waals surface area contributed by atoms with Gasteiger partial charge in [-0.25, -0.2) is 0 Å². The topological polar surface area (TPSA) is 9.23 Å². The molecule has 2 aromatic carbocycles. The molecule has 0 aliphatic carbocycles. The van der Waals surface area contributed by atoms with Crippen LogP contribution in [0.4, 0.5) is 0 Å². The van der Waals surface area contributed by atoms with Crippen LogP contribution < -0.4 is 4.74 Å². The summed E-state index contributed by atoms with van der Waals surface area (Å²) in [6.45, 7) is 9.53. The van der Waals surface area contributed by atoms with Crippen molar-refractivity contribution < 1.29 is 4.74 Å². The van der Waals surface area contributed by atoms with Crippen LogP contribution in [0.3, 0.4) is 0 Å². The molecule has 0 fully saturated rings. The monoisotopic (exact) mass is 300 g/mol. The fourth-order valence-electron chi connectivity index (χ4n) is 2.95. The zero-order valence-electron chi connectivity index (χ0n) is 13.5. The van der Waals surface area contributed by atoms with Crippen LogP contribution >= 0.6 is 9.24 Å². The summed E-state index contributed by atoms with van der Waals surface area (Å²) in [6, 6.07) is 10.9. The Morgan fingerprint density at radius 1 is 1.05 bits per heavy atom. The van der Waals surface area contributed by atoms with E-state index in [9.17, 15) is 0 Å². The van der Waals surface area contributed by atoms with Crippen LogP contribution in [0.15, 0.2) is 30.3 Å². The summed E-state index contributed by atoms with van der Waals surface area (Å²) < 4.78 is 5.76. The highest BCUT2D eigenvalue weighted by Gasteiger charge is 2.12. The highest BCUT2D eigenvalue weighted by Crippen LogP contribution is 2.34. The lowest BCUT2D eigenvalue weighted by Gasteiger charge is -2.17. The van der Waals surface area contributed by atoms with Crippen LogP contribution in [0.1, 0.15) is 29.2 Å². The molecule has 0 N–H and O–H groups in total. The highest BCUT2D eigenvalue weighted by molar-refractivity contribution is 7.16. The van der Waals surface area contributed by atoms with Gasteiger partial charge < -0.3 is 4.74 Å². The van der Waals surface area contributed by atoms with Gasteiger partial charge in [0.05, 0.1) is 6.61 Å². The van der Waals surface area contributed by atoms with Gasteiger partial charge in [0.1, 0.15) is 5.75 Å². The third kappa shape index (κ3) is 3.47. The Bertz CT molecular complexity index is 608. The second-order valence-electron chi connectivity index (χ2n) is 5.51. The second-order valence-corrected chi connectivity index (χ2v) is 6.09. The molecule has 21 heavy (non-hydrogen) atoms. The number of hydrogen-bond acceptors (Lipinski definition) is 1. The molecule has 0 spiro atoms. The third-order valence-electron chi connectivity index (χ3n) is 3.99. The van der Waals surface area contributed by atoms with Gasteiger partial charge in [-0.2, -0.15) is 0 Å². The Kier molecular flexibility index (Phi) is 5.42. The van der Waals surface area contributed by atoms with Gasteiger partial charge in [-0.05, 0) is 78.9 Å². The molecule has 0 aromatic heterocycles. The normalized spacial score (nSPS) is 10.7. The Hall–Kier alpha value is -1.33. The van der Waals surface area contributed by atoms with E-state index < -0.39 is 0 Å². The van der Waals surface area contributed by atoms with Crippen molar-refractivity contribution in [2.75, 3.05) is 12.8 Å². The maximum Gasteiger partial charge on any atom is 0.119 e. The van der Waals surface area contributed by atoms with Crippen molar-refractivity contribution in [1.29, 1.82) is 0 Å². The predicted octanol–water partition coefficient (Wildman–Crippen LogP) is 5.10. The molecule has 0 aliphatic heterocycles. The molecule has 2 rings (SSSR count). The van der Waals surface area contributed by atoms with Crippen LogP contribution in [0.5, 0.6) is 5.75 Å². The summed E-state index contributed by atoms with van der Waals surface area (Å²) in [5, 5.41) is 0.